The van der Waals surface area contributed by atoms with Crippen molar-refractivity contribution < 1.29 is 0 Å². The molecule has 0 saturated heterocycles. The molecule has 0 saturated carbocycles. The average Bonchev–Trinajstić information content (AvgIpc) is 3.26. The number of thiophene rings is 1. The third-order valence-electron chi connectivity index (χ3n) is 5.48. The number of fused-ring (bicyclic) bond motifs is 4. The van der Waals surface area contributed by atoms with Crippen LogP contribution in [0.4, 0.5) is 0 Å². The number of hydrogen-bond acceptors (Lipinski definition) is 2. The number of rotatable bonds is 5. The Hall–Kier alpha value is -1.85. The predicted octanol–water partition coefficient (Wildman–Crippen LogP) is 7.90. The third kappa shape index (κ3) is 3.38. The molecule has 0 atom stereocenters. The lowest BCUT2D eigenvalue weighted by molar-refractivity contribution is 0.748. The average molecular weight is 484 g/mol. The number of nitrogens with two attached hydrogens (primary N) is 1. The summed E-state index contributed by atoms with van der Waals surface area (Å²) in [6.07, 6.45) is 3.05. The molecule has 146 valence electrons. The summed E-state index contributed by atoms with van der Waals surface area (Å²) in [4.78, 5) is 3.67. The molecule has 5 heteroatoms. The Morgan fingerprint density at radius 2 is 1.76 bits per heavy atom. The lowest BCUT2D eigenvalue weighted by Crippen LogP contribution is -1.99. The van der Waals surface area contributed by atoms with Crippen LogP contribution >= 0.6 is 38.9 Å². The monoisotopic (exact) mass is 482 g/mol. The second-order valence-corrected chi connectivity index (χ2v) is 9.72. The molecule has 0 radical (unpaired) electrons. The Kier molecular flexibility index (Phi) is 5.12. The molecular weight excluding hydrogens is 464 g/mol. The zero-order valence-electron chi connectivity index (χ0n) is 15.8. The van der Waals surface area contributed by atoms with Gasteiger partial charge >= 0.3 is 0 Å². The highest BCUT2D eigenvalue weighted by atomic mass is 79.9. The lowest BCUT2D eigenvalue weighted by atomic mass is 9.99. The van der Waals surface area contributed by atoms with Crippen LogP contribution in [0, 0.1) is 0 Å². The van der Waals surface area contributed by atoms with Gasteiger partial charge in [-0.3, -0.25) is 0 Å². The highest BCUT2D eigenvalue weighted by Gasteiger charge is 2.17. The second-order valence-electron chi connectivity index (χ2n) is 7.34. The van der Waals surface area contributed by atoms with Gasteiger partial charge in [0, 0.05) is 40.7 Å². The molecule has 2 aromatic heterocycles. The molecule has 5 aromatic rings. The number of halogens is 2. The Labute approximate surface area is 186 Å². The van der Waals surface area contributed by atoms with Gasteiger partial charge < -0.3 is 10.7 Å². The maximum atomic E-state index is 6.38. The van der Waals surface area contributed by atoms with E-state index in [0.29, 0.717) is 0 Å². The normalized spacial score (nSPS) is 11.8. The molecule has 0 unspecified atom stereocenters. The molecule has 0 fully saturated rings. The van der Waals surface area contributed by atoms with Crippen molar-refractivity contribution in [2.24, 2.45) is 5.73 Å². The smallest absolute Gasteiger partial charge is 0.0607 e. The number of aryl methyl sites for hydroxylation is 1. The van der Waals surface area contributed by atoms with Gasteiger partial charge in [-0.05, 0) is 83.2 Å². The van der Waals surface area contributed by atoms with Gasteiger partial charge in [0.05, 0.1) is 5.52 Å². The van der Waals surface area contributed by atoms with Crippen molar-refractivity contribution in [3.8, 4) is 11.3 Å². The molecule has 0 aliphatic rings. The topological polar surface area (TPSA) is 41.8 Å². The minimum absolute atomic E-state index is 0.717. The van der Waals surface area contributed by atoms with Crippen LogP contribution in [-0.2, 0) is 6.42 Å². The summed E-state index contributed by atoms with van der Waals surface area (Å²) in [6.45, 7) is 0.717. The molecule has 3 aromatic carbocycles. The van der Waals surface area contributed by atoms with Gasteiger partial charge in [0.1, 0.15) is 0 Å². The van der Waals surface area contributed by atoms with Gasteiger partial charge in [0.25, 0.3) is 0 Å². The number of H-pyrrole nitrogens is 1. The van der Waals surface area contributed by atoms with E-state index >= 15 is 0 Å². The van der Waals surface area contributed by atoms with Crippen molar-refractivity contribution in [3.63, 3.8) is 0 Å². The van der Waals surface area contributed by atoms with E-state index in [0.717, 1.165) is 40.8 Å². The van der Waals surface area contributed by atoms with E-state index in [1.54, 1.807) is 0 Å². The molecule has 2 nitrogen and oxygen atoms in total. The Balaban J connectivity index is 1.73. The Bertz CT molecular complexity index is 1350. The summed E-state index contributed by atoms with van der Waals surface area (Å²) >= 11 is 11.9. The van der Waals surface area contributed by atoms with Crippen LogP contribution in [0.15, 0.2) is 59.1 Å². The van der Waals surface area contributed by atoms with Gasteiger partial charge in [-0.2, -0.15) is 0 Å². The van der Waals surface area contributed by atoms with Crippen molar-refractivity contribution in [2.75, 3.05) is 6.54 Å². The number of nitrogens with one attached hydrogen (secondary N) is 1. The van der Waals surface area contributed by atoms with Crippen molar-refractivity contribution in [2.45, 2.75) is 19.3 Å². The van der Waals surface area contributed by atoms with Crippen molar-refractivity contribution in [1.29, 1.82) is 0 Å². The zero-order chi connectivity index (χ0) is 20.0. The summed E-state index contributed by atoms with van der Waals surface area (Å²) in [5.74, 6) is 0. The van der Waals surface area contributed by atoms with Crippen LogP contribution in [-0.4, -0.2) is 11.5 Å². The van der Waals surface area contributed by atoms with Gasteiger partial charge in [-0.1, -0.05) is 35.9 Å². The number of benzene rings is 3. The van der Waals surface area contributed by atoms with Gasteiger partial charge in [-0.15, -0.1) is 11.3 Å². The quantitative estimate of drug-likeness (QED) is 0.245. The van der Waals surface area contributed by atoms with Crippen LogP contribution in [0.5, 0.6) is 0 Å². The highest BCUT2D eigenvalue weighted by molar-refractivity contribution is 9.10. The number of unbranched alkanes of at least 4 members (excludes halogenated alkanes) is 1. The molecule has 0 aliphatic heterocycles. The number of aromatic amines is 1. The van der Waals surface area contributed by atoms with E-state index in [2.05, 4.69) is 69.4 Å². The van der Waals surface area contributed by atoms with E-state index in [4.69, 9.17) is 17.3 Å². The lowest BCUT2D eigenvalue weighted by Gasteiger charge is -2.06. The van der Waals surface area contributed by atoms with Gasteiger partial charge in [0.2, 0.25) is 0 Å². The van der Waals surface area contributed by atoms with Crippen LogP contribution in [0.25, 0.3) is 42.3 Å². The maximum Gasteiger partial charge on any atom is 0.0607 e. The summed E-state index contributed by atoms with van der Waals surface area (Å²) in [5.41, 5.74) is 10.5. The fraction of sp³-hybridized carbons (Fsp3) is 0.167. The fourth-order valence-corrected chi connectivity index (χ4v) is 6.10. The molecule has 2 heterocycles. The van der Waals surface area contributed by atoms with E-state index < -0.39 is 0 Å². The molecule has 0 bridgehead atoms. The highest BCUT2D eigenvalue weighted by Crippen LogP contribution is 2.40. The van der Waals surface area contributed by atoms with Crippen LogP contribution in [0.1, 0.15) is 18.4 Å². The fourth-order valence-electron chi connectivity index (χ4n) is 4.11. The third-order valence-corrected chi connectivity index (χ3v) is 7.47. The van der Waals surface area contributed by atoms with Crippen LogP contribution in [0.2, 0.25) is 5.02 Å². The minimum Gasteiger partial charge on any atom is -0.353 e. The molecule has 3 N–H and O–H groups in total. The van der Waals surface area contributed by atoms with Crippen LogP contribution < -0.4 is 5.73 Å². The second kappa shape index (κ2) is 7.77. The van der Waals surface area contributed by atoms with E-state index in [9.17, 15) is 0 Å². The van der Waals surface area contributed by atoms with E-state index in [-0.39, 0.29) is 0 Å². The molecule has 0 amide bonds. The largest absolute Gasteiger partial charge is 0.353 e. The summed E-state index contributed by atoms with van der Waals surface area (Å²) in [7, 11) is 0. The molecule has 29 heavy (non-hydrogen) atoms. The van der Waals surface area contributed by atoms with E-state index in [1.165, 1.54) is 42.4 Å². The molecule has 0 aliphatic carbocycles. The first-order valence-corrected chi connectivity index (χ1v) is 11.8. The maximum absolute atomic E-state index is 6.38. The SMILES string of the molecule is NCCCCc1c(-c2ccc3sc4ccccc4c3c2)[nH]c2c(Br)cc(Cl)cc12. The molecule has 5 rings (SSSR count). The number of aromatic nitrogens is 1. The van der Waals surface area contributed by atoms with Gasteiger partial charge in [0.15, 0.2) is 0 Å². The molecular formula is C24H20BrClN2S. The predicted molar refractivity (Wildman–Crippen MR) is 131 cm³/mol. The Morgan fingerprint density at radius 3 is 2.62 bits per heavy atom. The summed E-state index contributed by atoms with van der Waals surface area (Å²) in [5, 5.41) is 4.56. The first-order chi connectivity index (χ1) is 14.2. The Morgan fingerprint density at radius 1 is 0.931 bits per heavy atom. The van der Waals surface area contributed by atoms with Crippen LogP contribution in [0.3, 0.4) is 0 Å². The first kappa shape index (κ1) is 19.1. The molecule has 0 spiro atoms. The summed E-state index contributed by atoms with van der Waals surface area (Å²) in [6, 6.07) is 19.4. The number of hydrogen-bond donors (Lipinski definition) is 2. The van der Waals surface area contributed by atoms with Crippen molar-refractivity contribution >= 4 is 69.9 Å². The first-order valence-electron chi connectivity index (χ1n) is 9.77. The van der Waals surface area contributed by atoms with Gasteiger partial charge in [-0.25, -0.2) is 0 Å². The van der Waals surface area contributed by atoms with Crippen molar-refractivity contribution in [3.05, 3.63) is 69.7 Å². The minimum atomic E-state index is 0.717. The standard InChI is InChI=1S/C24H20BrClN2S/c25-20-13-15(26)12-19-17(6-3-4-10-27)23(28-24(19)20)14-8-9-22-18(11-14)16-5-1-2-7-21(16)29-22/h1-2,5,7-9,11-13,28H,3-4,6,10,27H2. The van der Waals surface area contributed by atoms with Crippen molar-refractivity contribution in [1.82, 2.24) is 4.98 Å². The zero-order valence-corrected chi connectivity index (χ0v) is 18.9. The van der Waals surface area contributed by atoms with E-state index in [1.807, 2.05) is 17.4 Å². The summed E-state index contributed by atoms with van der Waals surface area (Å²) < 4.78 is 3.64.